The molecule has 0 unspecified atom stereocenters. The molecule has 0 saturated heterocycles. The van der Waals surface area contributed by atoms with Gasteiger partial charge in [0.2, 0.25) is 0 Å². The van der Waals surface area contributed by atoms with Gasteiger partial charge in [0.05, 0.1) is 5.71 Å². The lowest BCUT2D eigenvalue weighted by Gasteiger charge is -2.18. The van der Waals surface area contributed by atoms with Gasteiger partial charge < -0.3 is 4.84 Å². The minimum atomic E-state index is 0.527. The summed E-state index contributed by atoms with van der Waals surface area (Å²) < 4.78 is 0. The molecule has 1 fully saturated rings. The second-order valence-corrected chi connectivity index (χ2v) is 3.42. The molecule has 2 heteroatoms. The molecular formula is C10H17NO. The van der Waals surface area contributed by atoms with Crippen LogP contribution in [0.25, 0.3) is 0 Å². The van der Waals surface area contributed by atoms with Gasteiger partial charge in [-0.2, -0.15) is 0 Å². The Morgan fingerprint density at radius 3 is 2.83 bits per heavy atom. The van der Waals surface area contributed by atoms with Crippen molar-refractivity contribution in [3.8, 4) is 0 Å². The SMILES string of the molecule is C=CCON=C1CCC(C)CC1. The normalized spacial score (nSPS) is 23.4. The van der Waals surface area contributed by atoms with Crippen LogP contribution in [-0.4, -0.2) is 12.3 Å². The minimum absolute atomic E-state index is 0.527. The van der Waals surface area contributed by atoms with E-state index in [4.69, 9.17) is 4.84 Å². The summed E-state index contributed by atoms with van der Waals surface area (Å²) in [6.45, 7) is 6.38. The zero-order valence-electron chi connectivity index (χ0n) is 7.75. The molecule has 0 heterocycles. The van der Waals surface area contributed by atoms with Crippen LogP contribution in [0.1, 0.15) is 32.6 Å². The van der Waals surface area contributed by atoms with Gasteiger partial charge in [-0.3, -0.25) is 0 Å². The van der Waals surface area contributed by atoms with E-state index in [1.807, 2.05) is 0 Å². The third kappa shape index (κ3) is 3.07. The fraction of sp³-hybridized carbons (Fsp3) is 0.700. The van der Waals surface area contributed by atoms with Gasteiger partial charge in [0.25, 0.3) is 0 Å². The van der Waals surface area contributed by atoms with E-state index in [2.05, 4.69) is 18.7 Å². The maximum Gasteiger partial charge on any atom is 0.135 e. The third-order valence-corrected chi connectivity index (χ3v) is 2.24. The second kappa shape index (κ2) is 4.96. The lowest BCUT2D eigenvalue weighted by atomic mass is 9.90. The highest BCUT2D eigenvalue weighted by atomic mass is 16.6. The molecule has 1 saturated carbocycles. The van der Waals surface area contributed by atoms with Gasteiger partial charge in [-0.05, 0) is 31.6 Å². The van der Waals surface area contributed by atoms with Crippen molar-refractivity contribution in [3.05, 3.63) is 12.7 Å². The van der Waals surface area contributed by atoms with E-state index in [9.17, 15) is 0 Å². The molecule has 68 valence electrons. The fourth-order valence-corrected chi connectivity index (χ4v) is 1.37. The van der Waals surface area contributed by atoms with Crippen molar-refractivity contribution in [1.82, 2.24) is 0 Å². The maximum absolute atomic E-state index is 5.03. The minimum Gasteiger partial charge on any atom is -0.392 e. The highest BCUT2D eigenvalue weighted by Crippen LogP contribution is 2.21. The van der Waals surface area contributed by atoms with E-state index < -0.39 is 0 Å². The standard InChI is InChI=1S/C10H17NO/c1-3-8-12-11-10-6-4-9(2)5-7-10/h3,9H,1,4-8H2,2H3. The van der Waals surface area contributed by atoms with Crippen molar-refractivity contribution < 1.29 is 4.84 Å². The zero-order valence-corrected chi connectivity index (χ0v) is 7.75. The summed E-state index contributed by atoms with van der Waals surface area (Å²) in [7, 11) is 0. The van der Waals surface area contributed by atoms with Crippen LogP contribution in [-0.2, 0) is 4.84 Å². The number of nitrogens with zero attached hydrogens (tertiary/aromatic N) is 1. The van der Waals surface area contributed by atoms with Gasteiger partial charge in [-0.15, -0.1) is 0 Å². The summed E-state index contributed by atoms with van der Waals surface area (Å²) >= 11 is 0. The Balaban J connectivity index is 2.23. The smallest absolute Gasteiger partial charge is 0.135 e. The lowest BCUT2D eigenvalue weighted by Crippen LogP contribution is -2.11. The van der Waals surface area contributed by atoms with Crippen LogP contribution in [0.3, 0.4) is 0 Å². The Morgan fingerprint density at radius 2 is 2.25 bits per heavy atom. The van der Waals surface area contributed by atoms with Crippen molar-refractivity contribution in [3.63, 3.8) is 0 Å². The molecular weight excluding hydrogens is 150 g/mol. The first kappa shape index (κ1) is 9.30. The number of hydrogen-bond donors (Lipinski definition) is 0. The van der Waals surface area contributed by atoms with Crippen molar-refractivity contribution in [1.29, 1.82) is 0 Å². The number of oxime groups is 1. The van der Waals surface area contributed by atoms with E-state index in [0.717, 1.165) is 18.8 Å². The maximum atomic E-state index is 5.03. The molecule has 0 spiro atoms. The topological polar surface area (TPSA) is 21.6 Å². The summed E-state index contributed by atoms with van der Waals surface area (Å²) in [6, 6.07) is 0. The van der Waals surface area contributed by atoms with E-state index in [1.54, 1.807) is 6.08 Å². The summed E-state index contributed by atoms with van der Waals surface area (Å²) in [6.07, 6.45) is 6.46. The van der Waals surface area contributed by atoms with Crippen LogP contribution < -0.4 is 0 Å². The molecule has 0 radical (unpaired) electrons. The number of rotatable bonds is 3. The average molecular weight is 167 g/mol. The van der Waals surface area contributed by atoms with E-state index in [0.29, 0.717) is 6.61 Å². The molecule has 0 aromatic carbocycles. The molecule has 1 aliphatic carbocycles. The van der Waals surface area contributed by atoms with Gasteiger partial charge in [0.1, 0.15) is 6.61 Å². The van der Waals surface area contributed by atoms with E-state index in [1.165, 1.54) is 18.6 Å². The summed E-state index contributed by atoms with van der Waals surface area (Å²) in [5, 5.41) is 4.05. The van der Waals surface area contributed by atoms with Crippen LogP contribution in [0.15, 0.2) is 17.8 Å². The Morgan fingerprint density at radius 1 is 1.58 bits per heavy atom. The molecule has 12 heavy (non-hydrogen) atoms. The largest absolute Gasteiger partial charge is 0.392 e. The van der Waals surface area contributed by atoms with Crippen LogP contribution in [0, 0.1) is 5.92 Å². The van der Waals surface area contributed by atoms with Gasteiger partial charge in [0, 0.05) is 0 Å². The first-order chi connectivity index (χ1) is 5.83. The predicted octanol–water partition coefficient (Wildman–Crippen LogP) is 2.76. The monoisotopic (exact) mass is 167 g/mol. The van der Waals surface area contributed by atoms with Crippen molar-refractivity contribution >= 4 is 5.71 Å². The highest BCUT2D eigenvalue weighted by Gasteiger charge is 2.13. The summed E-state index contributed by atoms with van der Waals surface area (Å²) in [5.41, 5.74) is 1.22. The lowest BCUT2D eigenvalue weighted by molar-refractivity contribution is 0.172. The first-order valence-corrected chi connectivity index (χ1v) is 4.61. The molecule has 1 aliphatic rings. The Labute approximate surface area is 74.3 Å². The molecule has 0 amide bonds. The van der Waals surface area contributed by atoms with Crippen LogP contribution >= 0.6 is 0 Å². The second-order valence-electron chi connectivity index (χ2n) is 3.42. The first-order valence-electron chi connectivity index (χ1n) is 4.61. The van der Waals surface area contributed by atoms with Crippen LogP contribution in [0.2, 0.25) is 0 Å². The summed E-state index contributed by atoms with van der Waals surface area (Å²) in [5.74, 6) is 0.864. The van der Waals surface area contributed by atoms with Crippen LogP contribution in [0.5, 0.6) is 0 Å². The summed E-state index contributed by atoms with van der Waals surface area (Å²) in [4.78, 5) is 5.03. The third-order valence-electron chi connectivity index (χ3n) is 2.24. The Bertz CT molecular complexity index is 165. The molecule has 0 N–H and O–H groups in total. The van der Waals surface area contributed by atoms with E-state index in [-0.39, 0.29) is 0 Å². The Hall–Kier alpha value is -0.790. The molecule has 0 atom stereocenters. The Kier molecular flexibility index (Phi) is 3.85. The van der Waals surface area contributed by atoms with Gasteiger partial charge >= 0.3 is 0 Å². The quantitative estimate of drug-likeness (QED) is 0.360. The molecule has 0 aromatic rings. The van der Waals surface area contributed by atoms with Crippen molar-refractivity contribution in [2.24, 2.45) is 11.1 Å². The highest BCUT2D eigenvalue weighted by molar-refractivity contribution is 5.84. The molecule has 1 rings (SSSR count). The predicted molar refractivity (Wildman–Crippen MR) is 51.2 cm³/mol. The molecule has 0 aliphatic heterocycles. The van der Waals surface area contributed by atoms with Crippen LogP contribution in [0.4, 0.5) is 0 Å². The van der Waals surface area contributed by atoms with Crippen molar-refractivity contribution in [2.45, 2.75) is 32.6 Å². The van der Waals surface area contributed by atoms with Crippen molar-refractivity contribution in [2.75, 3.05) is 6.61 Å². The molecule has 2 nitrogen and oxygen atoms in total. The molecule has 0 bridgehead atoms. The molecule has 0 aromatic heterocycles. The average Bonchev–Trinajstić information content (AvgIpc) is 2.09. The van der Waals surface area contributed by atoms with E-state index >= 15 is 0 Å². The van der Waals surface area contributed by atoms with Gasteiger partial charge in [0.15, 0.2) is 0 Å². The van der Waals surface area contributed by atoms with Gasteiger partial charge in [-0.1, -0.05) is 24.7 Å². The zero-order chi connectivity index (χ0) is 8.81. The number of hydrogen-bond acceptors (Lipinski definition) is 2. The van der Waals surface area contributed by atoms with Gasteiger partial charge in [-0.25, -0.2) is 0 Å². The fourth-order valence-electron chi connectivity index (χ4n) is 1.37.